The molecule has 0 heterocycles. The topological polar surface area (TPSA) is 46.6 Å². The Labute approximate surface area is 102 Å². The number of carbonyl (C=O) groups is 2. The highest BCUT2D eigenvalue weighted by Crippen LogP contribution is 2.15. The Bertz CT molecular complexity index is 248. The summed E-state index contributed by atoms with van der Waals surface area (Å²) in [4.78, 5) is 24.3. The van der Waals surface area contributed by atoms with Crippen LogP contribution in [0.1, 0.15) is 34.1 Å². The van der Waals surface area contributed by atoms with Gasteiger partial charge in [-0.3, -0.25) is 4.79 Å². The zero-order valence-corrected chi connectivity index (χ0v) is 11.1. The summed E-state index contributed by atoms with van der Waals surface area (Å²) in [5.41, 5.74) is -0.362. The van der Waals surface area contributed by atoms with E-state index in [2.05, 4.69) is 0 Å². The minimum Gasteiger partial charge on any atom is -0.450 e. The molecule has 4 nitrogen and oxygen atoms in total. The van der Waals surface area contributed by atoms with Gasteiger partial charge in [0.2, 0.25) is 0 Å². The van der Waals surface area contributed by atoms with Gasteiger partial charge in [-0.1, -0.05) is 0 Å². The maximum absolute atomic E-state index is 11.7. The van der Waals surface area contributed by atoms with E-state index in [1.807, 2.05) is 20.8 Å². The molecule has 0 aromatic rings. The van der Waals surface area contributed by atoms with Crippen LogP contribution in [0.3, 0.4) is 0 Å². The van der Waals surface area contributed by atoms with E-state index in [0.29, 0.717) is 13.2 Å². The normalized spacial score (nSPS) is 11.1. The maximum Gasteiger partial charge on any atom is 0.410 e. The number of Topliss-reactive ketones (excluding diaryl/α,β-unsaturated/α-hetero) is 1. The highest BCUT2D eigenvalue weighted by Gasteiger charge is 2.27. The average molecular weight is 250 g/mol. The Kier molecular flexibility index (Phi) is 6.41. The van der Waals surface area contributed by atoms with E-state index in [0.717, 1.165) is 0 Å². The number of halogens is 1. The Balaban J connectivity index is 4.45. The number of ketones is 1. The van der Waals surface area contributed by atoms with Crippen molar-refractivity contribution in [2.75, 3.05) is 19.0 Å². The Morgan fingerprint density at radius 1 is 1.31 bits per heavy atom. The molecule has 0 atom stereocenters. The van der Waals surface area contributed by atoms with Gasteiger partial charge in [-0.25, -0.2) is 4.79 Å². The van der Waals surface area contributed by atoms with E-state index in [1.165, 1.54) is 0 Å². The van der Waals surface area contributed by atoms with Crippen molar-refractivity contribution >= 4 is 23.5 Å². The summed E-state index contributed by atoms with van der Waals surface area (Å²) in [5, 5.41) is 0. The van der Waals surface area contributed by atoms with Crippen LogP contribution in [-0.4, -0.2) is 41.3 Å². The highest BCUT2D eigenvalue weighted by molar-refractivity contribution is 6.27. The predicted octanol–water partition coefficient (Wildman–Crippen LogP) is 2.44. The van der Waals surface area contributed by atoms with Crippen molar-refractivity contribution in [1.82, 2.24) is 4.90 Å². The van der Waals surface area contributed by atoms with Gasteiger partial charge in [0.1, 0.15) is 5.78 Å². The summed E-state index contributed by atoms with van der Waals surface area (Å²) < 4.78 is 4.94. The Hall–Kier alpha value is -0.770. The SMILES string of the molecule is CCOC(=O)N(CCC(=O)CCl)C(C)(C)C. The molecule has 0 radical (unpaired) electrons. The molecule has 0 unspecified atom stereocenters. The van der Waals surface area contributed by atoms with Crippen molar-refractivity contribution in [3.05, 3.63) is 0 Å². The number of amides is 1. The van der Waals surface area contributed by atoms with Gasteiger partial charge in [0.05, 0.1) is 12.5 Å². The standard InChI is InChI=1S/C11H20ClNO3/c1-5-16-10(15)13(11(2,3)4)7-6-9(14)8-12/h5-8H2,1-4H3. The fraction of sp³-hybridized carbons (Fsp3) is 0.818. The van der Waals surface area contributed by atoms with Gasteiger partial charge < -0.3 is 9.64 Å². The molecule has 0 fully saturated rings. The van der Waals surface area contributed by atoms with E-state index >= 15 is 0 Å². The van der Waals surface area contributed by atoms with E-state index in [1.54, 1.807) is 11.8 Å². The molecule has 0 aromatic carbocycles. The fourth-order valence-electron chi connectivity index (χ4n) is 1.21. The fourth-order valence-corrected chi connectivity index (χ4v) is 1.34. The zero-order valence-electron chi connectivity index (χ0n) is 10.4. The van der Waals surface area contributed by atoms with Crippen molar-refractivity contribution < 1.29 is 14.3 Å². The van der Waals surface area contributed by atoms with Gasteiger partial charge in [-0.15, -0.1) is 11.6 Å². The van der Waals surface area contributed by atoms with Gasteiger partial charge in [0.15, 0.2) is 0 Å². The van der Waals surface area contributed by atoms with Crippen LogP contribution in [0.2, 0.25) is 0 Å². The summed E-state index contributed by atoms with van der Waals surface area (Å²) in [7, 11) is 0. The minimum atomic E-state index is -0.391. The van der Waals surface area contributed by atoms with Gasteiger partial charge >= 0.3 is 6.09 Å². The van der Waals surface area contributed by atoms with Gasteiger partial charge in [0.25, 0.3) is 0 Å². The van der Waals surface area contributed by atoms with Crippen molar-refractivity contribution in [2.24, 2.45) is 0 Å². The van der Waals surface area contributed by atoms with E-state index < -0.39 is 6.09 Å². The maximum atomic E-state index is 11.7. The molecule has 0 aliphatic rings. The van der Waals surface area contributed by atoms with Crippen molar-refractivity contribution in [2.45, 2.75) is 39.7 Å². The number of alkyl halides is 1. The van der Waals surface area contributed by atoms with Crippen molar-refractivity contribution in [1.29, 1.82) is 0 Å². The van der Waals surface area contributed by atoms with Gasteiger partial charge in [-0.2, -0.15) is 0 Å². The summed E-state index contributed by atoms with van der Waals surface area (Å²) >= 11 is 5.41. The van der Waals surface area contributed by atoms with Crippen LogP contribution in [0.5, 0.6) is 0 Å². The molecule has 0 aliphatic carbocycles. The molecule has 0 aliphatic heterocycles. The zero-order chi connectivity index (χ0) is 12.8. The monoisotopic (exact) mass is 249 g/mol. The van der Waals surface area contributed by atoms with E-state index in [-0.39, 0.29) is 23.6 Å². The predicted molar refractivity (Wildman–Crippen MR) is 63.8 cm³/mol. The number of carbonyl (C=O) groups excluding carboxylic acids is 2. The molecule has 0 bridgehead atoms. The lowest BCUT2D eigenvalue weighted by Gasteiger charge is -2.34. The second-order valence-electron chi connectivity index (χ2n) is 4.44. The molecular weight excluding hydrogens is 230 g/mol. The summed E-state index contributed by atoms with van der Waals surface area (Å²) in [6.07, 6.45) is -0.128. The highest BCUT2D eigenvalue weighted by atomic mass is 35.5. The quantitative estimate of drug-likeness (QED) is 0.703. The first-order valence-electron chi connectivity index (χ1n) is 5.35. The molecule has 1 amide bonds. The van der Waals surface area contributed by atoms with Crippen LogP contribution < -0.4 is 0 Å². The first-order chi connectivity index (χ1) is 7.32. The molecule has 0 rings (SSSR count). The second kappa shape index (κ2) is 6.74. The largest absolute Gasteiger partial charge is 0.450 e. The minimum absolute atomic E-state index is 0.0131. The summed E-state index contributed by atoms with van der Waals surface area (Å²) in [5.74, 6) is -0.0823. The third kappa shape index (κ3) is 5.35. The van der Waals surface area contributed by atoms with Crippen molar-refractivity contribution in [3.8, 4) is 0 Å². The molecule has 0 saturated heterocycles. The Morgan fingerprint density at radius 2 is 1.88 bits per heavy atom. The lowest BCUT2D eigenvalue weighted by atomic mass is 10.1. The number of rotatable bonds is 5. The smallest absolute Gasteiger partial charge is 0.410 e. The molecular formula is C11H20ClNO3. The first kappa shape index (κ1) is 15.2. The molecule has 0 aromatic heterocycles. The number of hydrogen-bond acceptors (Lipinski definition) is 3. The van der Waals surface area contributed by atoms with Crippen LogP contribution in [0.4, 0.5) is 4.79 Å². The van der Waals surface area contributed by atoms with Gasteiger partial charge in [-0.05, 0) is 27.7 Å². The average Bonchev–Trinajstić information content (AvgIpc) is 2.16. The third-order valence-corrected chi connectivity index (χ3v) is 2.36. The van der Waals surface area contributed by atoms with E-state index in [4.69, 9.17) is 16.3 Å². The summed E-state index contributed by atoms with van der Waals surface area (Å²) in [6, 6.07) is 0. The number of nitrogens with zero attached hydrogens (tertiary/aromatic N) is 1. The molecule has 16 heavy (non-hydrogen) atoms. The van der Waals surface area contributed by atoms with Crippen LogP contribution in [0.25, 0.3) is 0 Å². The molecule has 94 valence electrons. The lowest BCUT2D eigenvalue weighted by Crippen LogP contribution is -2.46. The number of ether oxygens (including phenoxy) is 1. The van der Waals surface area contributed by atoms with E-state index in [9.17, 15) is 9.59 Å². The lowest BCUT2D eigenvalue weighted by molar-refractivity contribution is -0.117. The Morgan fingerprint density at radius 3 is 2.25 bits per heavy atom. The molecule has 0 spiro atoms. The van der Waals surface area contributed by atoms with Gasteiger partial charge in [0, 0.05) is 18.5 Å². The number of hydrogen-bond donors (Lipinski definition) is 0. The molecule has 0 saturated carbocycles. The van der Waals surface area contributed by atoms with Crippen LogP contribution in [0, 0.1) is 0 Å². The molecule has 0 N–H and O–H groups in total. The summed E-state index contributed by atoms with van der Waals surface area (Å²) in [6.45, 7) is 8.12. The first-order valence-corrected chi connectivity index (χ1v) is 5.88. The second-order valence-corrected chi connectivity index (χ2v) is 4.71. The van der Waals surface area contributed by atoms with Crippen LogP contribution in [-0.2, 0) is 9.53 Å². The molecule has 5 heteroatoms. The van der Waals surface area contributed by atoms with Crippen LogP contribution >= 0.6 is 11.6 Å². The third-order valence-electron chi connectivity index (χ3n) is 2.06. The van der Waals surface area contributed by atoms with Crippen LogP contribution in [0.15, 0.2) is 0 Å². The van der Waals surface area contributed by atoms with Crippen molar-refractivity contribution in [3.63, 3.8) is 0 Å².